The number of para-hydroxylation sites is 1. The number of hydrogen-bond donors (Lipinski definition) is 0. The van der Waals surface area contributed by atoms with Gasteiger partial charge in [-0.15, -0.1) is 0 Å². The first kappa shape index (κ1) is 15.3. The molecule has 0 spiro atoms. The Labute approximate surface area is 135 Å². The maximum Gasteiger partial charge on any atom is 0.187 e. The van der Waals surface area contributed by atoms with Gasteiger partial charge in [0.1, 0.15) is 11.9 Å². The second-order valence-corrected chi connectivity index (χ2v) is 6.51. The normalized spacial score (nSPS) is 15.6. The Morgan fingerprint density at radius 1 is 1.18 bits per heavy atom. The maximum absolute atomic E-state index is 6.14. The van der Waals surface area contributed by atoms with Crippen molar-refractivity contribution in [1.29, 1.82) is 0 Å². The number of rotatable bonds is 5. The van der Waals surface area contributed by atoms with Gasteiger partial charge in [-0.3, -0.25) is 4.90 Å². The highest BCUT2D eigenvalue weighted by Gasteiger charge is 2.29. The van der Waals surface area contributed by atoms with Gasteiger partial charge in [-0.2, -0.15) is 0 Å². The van der Waals surface area contributed by atoms with Crippen molar-refractivity contribution in [2.75, 3.05) is 19.3 Å². The van der Waals surface area contributed by atoms with Crippen LogP contribution >= 0.6 is 11.8 Å². The molecule has 3 rings (SSSR count). The molecule has 0 radical (unpaired) electrons. The fourth-order valence-corrected chi connectivity index (χ4v) is 2.98. The Bertz CT molecular complexity index is 619. The van der Waals surface area contributed by atoms with E-state index in [1.165, 1.54) is 11.1 Å². The summed E-state index contributed by atoms with van der Waals surface area (Å²) in [6.45, 7) is 7.00. The highest BCUT2D eigenvalue weighted by molar-refractivity contribution is 7.98. The summed E-state index contributed by atoms with van der Waals surface area (Å²) in [6, 6.07) is 6.27. The van der Waals surface area contributed by atoms with Gasteiger partial charge in [-0.25, -0.2) is 9.97 Å². The molecule has 22 heavy (non-hydrogen) atoms. The molecule has 1 aromatic heterocycles. The number of benzene rings is 1. The zero-order valence-corrected chi connectivity index (χ0v) is 14.1. The molecule has 0 saturated carbocycles. The second-order valence-electron chi connectivity index (χ2n) is 5.73. The van der Waals surface area contributed by atoms with E-state index in [1.54, 1.807) is 11.8 Å². The number of likely N-dealkylation sites (tertiary alicyclic amines) is 1. The van der Waals surface area contributed by atoms with Gasteiger partial charge in [0.15, 0.2) is 5.16 Å². The summed E-state index contributed by atoms with van der Waals surface area (Å²) in [4.78, 5) is 11.0. The molecule has 0 unspecified atom stereocenters. The van der Waals surface area contributed by atoms with Crippen molar-refractivity contribution in [3.8, 4) is 5.75 Å². The number of nitrogens with zero attached hydrogens (tertiary/aromatic N) is 3. The van der Waals surface area contributed by atoms with Crippen molar-refractivity contribution in [1.82, 2.24) is 14.9 Å². The largest absolute Gasteiger partial charge is 0.487 e. The first-order chi connectivity index (χ1) is 10.7. The summed E-state index contributed by atoms with van der Waals surface area (Å²) in [5, 5.41) is 0.823. The molecule has 1 aliphatic rings. The predicted octanol–water partition coefficient (Wildman–Crippen LogP) is 3.08. The first-order valence-corrected chi connectivity index (χ1v) is 8.68. The van der Waals surface area contributed by atoms with E-state index in [2.05, 4.69) is 46.9 Å². The second kappa shape index (κ2) is 6.67. The Morgan fingerprint density at radius 2 is 1.82 bits per heavy atom. The van der Waals surface area contributed by atoms with E-state index in [9.17, 15) is 0 Å². The van der Waals surface area contributed by atoms with E-state index in [-0.39, 0.29) is 6.10 Å². The molecular formula is C17H21N3OS. The topological polar surface area (TPSA) is 38.2 Å². The molecule has 4 nitrogen and oxygen atoms in total. The van der Waals surface area contributed by atoms with Crippen LogP contribution in [0.15, 0.2) is 35.7 Å². The summed E-state index contributed by atoms with van der Waals surface area (Å²) >= 11 is 1.56. The number of hydrogen-bond acceptors (Lipinski definition) is 5. The molecule has 0 atom stereocenters. The molecule has 2 heterocycles. The number of aryl methyl sites for hydroxylation is 2. The standard InChI is InChI=1S/C17H21N3OS/c1-12-5-4-6-13(2)16(12)21-15-10-20(11-15)9-14-7-18-17(22-3)19-8-14/h4-8,15H,9-11H2,1-3H3. The molecule has 1 aromatic carbocycles. The Balaban J connectivity index is 1.51. The number of ether oxygens (including phenoxy) is 1. The van der Waals surface area contributed by atoms with Gasteiger partial charge in [0.05, 0.1) is 0 Å². The van der Waals surface area contributed by atoms with Crippen LogP contribution in [0.1, 0.15) is 16.7 Å². The number of aromatic nitrogens is 2. The van der Waals surface area contributed by atoms with E-state index in [0.717, 1.165) is 36.1 Å². The predicted molar refractivity (Wildman–Crippen MR) is 89.4 cm³/mol. The lowest BCUT2D eigenvalue weighted by atomic mass is 10.1. The minimum Gasteiger partial charge on any atom is -0.487 e. The Morgan fingerprint density at radius 3 is 2.41 bits per heavy atom. The van der Waals surface area contributed by atoms with E-state index >= 15 is 0 Å². The van der Waals surface area contributed by atoms with Crippen LogP contribution in [0.25, 0.3) is 0 Å². The molecular weight excluding hydrogens is 294 g/mol. The van der Waals surface area contributed by atoms with Crippen molar-refractivity contribution < 1.29 is 4.74 Å². The lowest BCUT2D eigenvalue weighted by Gasteiger charge is -2.39. The maximum atomic E-state index is 6.14. The molecule has 1 saturated heterocycles. The van der Waals surface area contributed by atoms with Gasteiger partial charge in [-0.05, 0) is 31.2 Å². The van der Waals surface area contributed by atoms with E-state index in [0.29, 0.717) is 0 Å². The molecule has 5 heteroatoms. The fraction of sp³-hybridized carbons (Fsp3) is 0.412. The molecule has 116 valence electrons. The lowest BCUT2D eigenvalue weighted by Crippen LogP contribution is -2.53. The first-order valence-electron chi connectivity index (χ1n) is 7.46. The van der Waals surface area contributed by atoms with Crippen molar-refractivity contribution in [3.63, 3.8) is 0 Å². The SMILES string of the molecule is CSc1ncc(CN2CC(Oc3c(C)cccc3C)C2)cn1. The van der Waals surface area contributed by atoms with Crippen LogP contribution in [0.4, 0.5) is 0 Å². The summed E-state index contributed by atoms with van der Waals surface area (Å²) in [7, 11) is 0. The molecule has 0 amide bonds. The Hall–Kier alpha value is -1.59. The van der Waals surface area contributed by atoms with E-state index in [1.807, 2.05) is 18.6 Å². The number of thioether (sulfide) groups is 1. The summed E-state index contributed by atoms with van der Waals surface area (Å²) in [5.41, 5.74) is 3.57. The van der Waals surface area contributed by atoms with Gasteiger partial charge in [0, 0.05) is 37.6 Å². The van der Waals surface area contributed by atoms with Crippen LogP contribution < -0.4 is 4.74 Å². The highest BCUT2D eigenvalue weighted by atomic mass is 32.2. The molecule has 1 fully saturated rings. The molecule has 0 N–H and O–H groups in total. The molecule has 0 bridgehead atoms. The zero-order chi connectivity index (χ0) is 15.5. The van der Waals surface area contributed by atoms with Crippen molar-refractivity contribution >= 4 is 11.8 Å². The minimum atomic E-state index is 0.284. The third-order valence-electron chi connectivity index (χ3n) is 3.89. The Kier molecular flexibility index (Phi) is 4.64. The van der Waals surface area contributed by atoms with Crippen LogP contribution in [0, 0.1) is 13.8 Å². The summed E-state index contributed by atoms with van der Waals surface area (Å²) in [5.74, 6) is 1.04. The minimum absolute atomic E-state index is 0.284. The van der Waals surface area contributed by atoms with Gasteiger partial charge in [0.25, 0.3) is 0 Å². The third kappa shape index (κ3) is 3.42. The average molecular weight is 315 g/mol. The average Bonchev–Trinajstić information content (AvgIpc) is 2.48. The molecule has 0 aliphatic carbocycles. The quantitative estimate of drug-likeness (QED) is 0.626. The van der Waals surface area contributed by atoms with Gasteiger partial charge < -0.3 is 4.74 Å². The molecule has 1 aliphatic heterocycles. The van der Waals surface area contributed by atoms with Crippen LogP contribution in [0.5, 0.6) is 5.75 Å². The summed E-state index contributed by atoms with van der Waals surface area (Å²) in [6.07, 6.45) is 6.10. The fourth-order valence-electron chi connectivity index (χ4n) is 2.67. The van der Waals surface area contributed by atoms with Crippen LogP contribution in [-0.4, -0.2) is 40.3 Å². The highest BCUT2D eigenvalue weighted by Crippen LogP contribution is 2.26. The van der Waals surface area contributed by atoms with Crippen molar-refractivity contribution in [3.05, 3.63) is 47.3 Å². The van der Waals surface area contributed by atoms with Gasteiger partial charge >= 0.3 is 0 Å². The van der Waals surface area contributed by atoms with Crippen LogP contribution in [0.3, 0.4) is 0 Å². The van der Waals surface area contributed by atoms with Crippen LogP contribution in [-0.2, 0) is 6.54 Å². The van der Waals surface area contributed by atoms with E-state index < -0.39 is 0 Å². The van der Waals surface area contributed by atoms with Crippen molar-refractivity contribution in [2.45, 2.75) is 31.7 Å². The smallest absolute Gasteiger partial charge is 0.187 e. The van der Waals surface area contributed by atoms with Crippen LogP contribution in [0.2, 0.25) is 0 Å². The van der Waals surface area contributed by atoms with Crippen molar-refractivity contribution in [2.24, 2.45) is 0 Å². The zero-order valence-electron chi connectivity index (χ0n) is 13.2. The van der Waals surface area contributed by atoms with Gasteiger partial charge in [0.2, 0.25) is 0 Å². The molecule has 2 aromatic rings. The van der Waals surface area contributed by atoms with E-state index in [4.69, 9.17) is 4.74 Å². The summed E-state index contributed by atoms with van der Waals surface area (Å²) < 4.78 is 6.14. The lowest BCUT2D eigenvalue weighted by molar-refractivity contribution is 0.0136. The monoisotopic (exact) mass is 315 g/mol. The third-order valence-corrected chi connectivity index (χ3v) is 4.46. The van der Waals surface area contributed by atoms with Gasteiger partial charge in [-0.1, -0.05) is 30.0 Å².